The standard InChI is InChI=1S/C11H15N3O4/c1-3-5-8(4-2)11-10(14(17)18)6-9(7-12-11)13(15)16/h6-8H,3-5H2,1-2H3. The van der Waals surface area contributed by atoms with Crippen LogP contribution in [0.3, 0.4) is 0 Å². The van der Waals surface area contributed by atoms with Crippen LogP contribution >= 0.6 is 0 Å². The molecular formula is C11H15N3O4. The number of hydrogen-bond donors (Lipinski definition) is 0. The summed E-state index contributed by atoms with van der Waals surface area (Å²) >= 11 is 0. The van der Waals surface area contributed by atoms with E-state index in [1.807, 2.05) is 13.8 Å². The van der Waals surface area contributed by atoms with Crippen LogP contribution in [0.5, 0.6) is 0 Å². The van der Waals surface area contributed by atoms with Crippen LogP contribution < -0.4 is 0 Å². The van der Waals surface area contributed by atoms with Gasteiger partial charge in [0.25, 0.3) is 11.4 Å². The van der Waals surface area contributed by atoms with Crippen LogP contribution in [-0.4, -0.2) is 14.8 Å². The van der Waals surface area contributed by atoms with Crippen molar-refractivity contribution in [2.24, 2.45) is 0 Å². The van der Waals surface area contributed by atoms with Gasteiger partial charge in [-0.1, -0.05) is 20.3 Å². The quantitative estimate of drug-likeness (QED) is 0.572. The van der Waals surface area contributed by atoms with Crippen LogP contribution in [0.4, 0.5) is 11.4 Å². The van der Waals surface area contributed by atoms with Gasteiger partial charge >= 0.3 is 0 Å². The number of pyridine rings is 1. The highest BCUT2D eigenvalue weighted by atomic mass is 16.6. The van der Waals surface area contributed by atoms with Crippen molar-refractivity contribution >= 4 is 11.4 Å². The summed E-state index contributed by atoms with van der Waals surface area (Å²) in [4.78, 5) is 24.2. The van der Waals surface area contributed by atoms with Crippen LogP contribution in [0.2, 0.25) is 0 Å². The van der Waals surface area contributed by atoms with Crippen LogP contribution in [0.15, 0.2) is 12.3 Å². The average Bonchev–Trinajstić information content (AvgIpc) is 2.35. The Labute approximate surface area is 104 Å². The molecule has 0 saturated heterocycles. The molecule has 7 nitrogen and oxygen atoms in total. The molecule has 0 aromatic carbocycles. The van der Waals surface area contributed by atoms with Crippen molar-refractivity contribution in [2.75, 3.05) is 0 Å². The zero-order valence-electron chi connectivity index (χ0n) is 10.3. The topological polar surface area (TPSA) is 99.2 Å². The lowest BCUT2D eigenvalue weighted by Crippen LogP contribution is -2.06. The van der Waals surface area contributed by atoms with Gasteiger partial charge in [0.15, 0.2) is 0 Å². The van der Waals surface area contributed by atoms with Crippen molar-refractivity contribution in [2.45, 2.75) is 39.0 Å². The molecule has 1 atom stereocenters. The van der Waals surface area contributed by atoms with E-state index >= 15 is 0 Å². The zero-order valence-corrected chi connectivity index (χ0v) is 10.3. The first-order valence-electron chi connectivity index (χ1n) is 5.79. The van der Waals surface area contributed by atoms with Crippen molar-refractivity contribution in [3.8, 4) is 0 Å². The highest BCUT2D eigenvalue weighted by Crippen LogP contribution is 2.32. The van der Waals surface area contributed by atoms with Gasteiger partial charge in [0.1, 0.15) is 11.9 Å². The molecule has 0 aliphatic rings. The summed E-state index contributed by atoms with van der Waals surface area (Å²) in [5, 5.41) is 21.6. The van der Waals surface area contributed by atoms with E-state index in [2.05, 4.69) is 4.98 Å². The molecule has 0 bridgehead atoms. The highest BCUT2D eigenvalue weighted by molar-refractivity contribution is 5.45. The van der Waals surface area contributed by atoms with Crippen LogP contribution in [0, 0.1) is 20.2 Å². The Hall–Kier alpha value is -2.05. The van der Waals surface area contributed by atoms with E-state index in [1.165, 1.54) is 0 Å². The van der Waals surface area contributed by atoms with Crippen LogP contribution in [0.1, 0.15) is 44.7 Å². The molecule has 0 spiro atoms. The maximum absolute atomic E-state index is 11.0. The maximum Gasteiger partial charge on any atom is 0.297 e. The third-order valence-corrected chi connectivity index (χ3v) is 2.81. The summed E-state index contributed by atoms with van der Waals surface area (Å²) in [7, 11) is 0. The Kier molecular flexibility index (Phi) is 4.70. The van der Waals surface area contributed by atoms with Crippen molar-refractivity contribution in [1.29, 1.82) is 0 Å². The fraction of sp³-hybridized carbons (Fsp3) is 0.545. The van der Waals surface area contributed by atoms with Gasteiger partial charge in [0, 0.05) is 5.92 Å². The number of hydrogen-bond acceptors (Lipinski definition) is 5. The normalized spacial score (nSPS) is 12.1. The minimum absolute atomic E-state index is 0.0313. The van der Waals surface area contributed by atoms with E-state index in [0.29, 0.717) is 5.69 Å². The summed E-state index contributed by atoms with van der Waals surface area (Å²) in [6.07, 6.45) is 3.47. The Bertz CT molecular complexity index is 462. The molecule has 98 valence electrons. The van der Waals surface area contributed by atoms with E-state index in [0.717, 1.165) is 31.5 Å². The molecule has 0 fully saturated rings. The minimum atomic E-state index is -0.676. The van der Waals surface area contributed by atoms with Gasteiger partial charge in [0.2, 0.25) is 0 Å². The Balaban J connectivity index is 3.26. The molecule has 7 heteroatoms. The SMILES string of the molecule is CCCC(CC)c1ncc([N+](=O)[O-])cc1[N+](=O)[O-]. The molecule has 18 heavy (non-hydrogen) atoms. The summed E-state index contributed by atoms with van der Waals surface area (Å²) < 4.78 is 0. The van der Waals surface area contributed by atoms with Crippen molar-refractivity contribution in [3.05, 3.63) is 38.2 Å². The fourth-order valence-corrected chi connectivity index (χ4v) is 1.90. The minimum Gasteiger partial charge on any atom is -0.258 e. The monoisotopic (exact) mass is 253 g/mol. The van der Waals surface area contributed by atoms with Gasteiger partial charge in [-0.25, -0.2) is 4.98 Å². The van der Waals surface area contributed by atoms with Crippen molar-refractivity contribution in [3.63, 3.8) is 0 Å². The van der Waals surface area contributed by atoms with Gasteiger partial charge in [-0.2, -0.15) is 0 Å². The number of nitrogens with zero attached hydrogens (tertiary/aromatic N) is 3. The van der Waals surface area contributed by atoms with Gasteiger partial charge in [-0.15, -0.1) is 0 Å². The predicted molar refractivity (Wildman–Crippen MR) is 65.5 cm³/mol. The summed E-state index contributed by atoms with van der Waals surface area (Å²) in [5.41, 5.74) is -0.267. The molecule has 0 aliphatic carbocycles. The lowest BCUT2D eigenvalue weighted by atomic mass is 9.95. The lowest BCUT2D eigenvalue weighted by Gasteiger charge is -2.12. The van der Waals surface area contributed by atoms with Gasteiger partial charge in [-0.05, 0) is 12.8 Å². The third kappa shape index (κ3) is 2.99. The highest BCUT2D eigenvalue weighted by Gasteiger charge is 2.25. The molecule has 1 rings (SSSR count). The second-order valence-corrected chi connectivity index (χ2v) is 4.01. The second-order valence-electron chi connectivity index (χ2n) is 4.01. The number of rotatable bonds is 6. The molecule has 0 saturated carbocycles. The van der Waals surface area contributed by atoms with Gasteiger partial charge in [-0.3, -0.25) is 20.2 Å². The van der Waals surface area contributed by atoms with E-state index in [9.17, 15) is 20.2 Å². The summed E-state index contributed by atoms with van der Waals surface area (Å²) in [6.45, 7) is 3.91. The van der Waals surface area contributed by atoms with E-state index in [4.69, 9.17) is 0 Å². The van der Waals surface area contributed by atoms with Crippen molar-refractivity contribution in [1.82, 2.24) is 4.98 Å². The molecular weight excluding hydrogens is 238 g/mol. The third-order valence-electron chi connectivity index (χ3n) is 2.81. The zero-order chi connectivity index (χ0) is 13.7. The first-order chi connectivity index (χ1) is 8.51. The molecule has 0 N–H and O–H groups in total. The van der Waals surface area contributed by atoms with Gasteiger partial charge in [0.05, 0.1) is 15.9 Å². The Morgan fingerprint density at radius 1 is 1.28 bits per heavy atom. The Morgan fingerprint density at radius 3 is 2.39 bits per heavy atom. The van der Waals surface area contributed by atoms with E-state index in [-0.39, 0.29) is 17.3 Å². The first-order valence-corrected chi connectivity index (χ1v) is 5.79. The van der Waals surface area contributed by atoms with Crippen molar-refractivity contribution < 1.29 is 9.85 Å². The summed E-state index contributed by atoms with van der Waals surface area (Å²) in [6, 6.07) is 0.987. The molecule has 0 radical (unpaired) electrons. The molecule has 0 aliphatic heterocycles. The summed E-state index contributed by atoms with van der Waals surface area (Å²) in [5.74, 6) is -0.0313. The van der Waals surface area contributed by atoms with Gasteiger partial charge < -0.3 is 0 Å². The lowest BCUT2D eigenvalue weighted by molar-refractivity contribution is -0.395. The molecule has 0 amide bonds. The van der Waals surface area contributed by atoms with E-state index in [1.54, 1.807) is 0 Å². The fourth-order valence-electron chi connectivity index (χ4n) is 1.90. The largest absolute Gasteiger partial charge is 0.297 e. The van der Waals surface area contributed by atoms with E-state index < -0.39 is 9.85 Å². The molecule has 1 unspecified atom stereocenters. The first kappa shape index (κ1) is 14.0. The predicted octanol–water partition coefficient (Wildman–Crippen LogP) is 3.19. The molecule has 1 aromatic heterocycles. The molecule has 1 aromatic rings. The number of aromatic nitrogens is 1. The number of nitro groups is 2. The van der Waals surface area contributed by atoms with Crippen LogP contribution in [-0.2, 0) is 0 Å². The van der Waals surface area contributed by atoms with Crippen LogP contribution in [0.25, 0.3) is 0 Å². The molecule has 1 heterocycles. The maximum atomic E-state index is 11.0. The smallest absolute Gasteiger partial charge is 0.258 e. The average molecular weight is 253 g/mol. The second kappa shape index (κ2) is 6.04. The Morgan fingerprint density at radius 2 is 1.94 bits per heavy atom.